The Labute approximate surface area is 211 Å². The highest BCUT2D eigenvalue weighted by atomic mass is 16.5. The summed E-state index contributed by atoms with van der Waals surface area (Å²) in [6.45, 7) is 3.98. The van der Waals surface area contributed by atoms with E-state index in [0.29, 0.717) is 23.4 Å². The molecule has 3 aromatic heterocycles. The van der Waals surface area contributed by atoms with Crippen molar-refractivity contribution in [3.63, 3.8) is 0 Å². The Hall–Kier alpha value is -4.79. The van der Waals surface area contributed by atoms with Crippen LogP contribution < -0.4 is 15.8 Å². The van der Waals surface area contributed by atoms with Gasteiger partial charge in [0.2, 0.25) is 0 Å². The van der Waals surface area contributed by atoms with Crippen molar-refractivity contribution in [1.82, 2.24) is 14.0 Å². The molecule has 1 amide bonds. The monoisotopic (exact) mass is 496 g/mol. The number of amides is 1. The Morgan fingerprint density at radius 2 is 1.76 bits per heavy atom. The molecule has 5 rings (SSSR count). The summed E-state index contributed by atoms with van der Waals surface area (Å²) in [5.41, 5.74) is 0.633. The van der Waals surface area contributed by atoms with Gasteiger partial charge in [0.05, 0.1) is 24.2 Å². The minimum absolute atomic E-state index is 0.0156. The summed E-state index contributed by atoms with van der Waals surface area (Å²) in [5, 5.41) is 1.71. The summed E-state index contributed by atoms with van der Waals surface area (Å²) < 4.78 is 13.9. The standard InChI is InChI=1S/C28H24N4O5/c1-4-36-21-14-13-17-10-6-7-11-18(17)23(21)26(33)30-25-20(28(35)37-5-2)16-19-24(31(25)3)29-22-12-8-9-15-32(22)27(19)34/h6-16H,4-5H2,1-3H3. The van der Waals surface area contributed by atoms with Gasteiger partial charge in [0.15, 0.2) is 5.49 Å². The molecule has 0 unspecified atom stereocenters. The lowest BCUT2D eigenvalue weighted by molar-refractivity contribution is 0.0523. The van der Waals surface area contributed by atoms with Gasteiger partial charge in [-0.05, 0) is 48.9 Å². The zero-order chi connectivity index (χ0) is 26.1. The number of carbonyl (C=O) groups excluding carboxylic acids is 2. The number of rotatable bonds is 5. The minimum atomic E-state index is -0.702. The number of esters is 1. The molecule has 37 heavy (non-hydrogen) atoms. The zero-order valence-corrected chi connectivity index (χ0v) is 20.6. The zero-order valence-electron chi connectivity index (χ0n) is 20.6. The molecule has 9 heteroatoms. The third-order valence-electron chi connectivity index (χ3n) is 6.02. The first-order chi connectivity index (χ1) is 17.9. The second kappa shape index (κ2) is 9.69. The molecular formula is C28H24N4O5. The van der Waals surface area contributed by atoms with Gasteiger partial charge in [-0.25, -0.2) is 9.78 Å². The molecule has 0 atom stereocenters. The first-order valence-corrected chi connectivity index (χ1v) is 11.9. The van der Waals surface area contributed by atoms with Crippen LogP contribution in [0.4, 0.5) is 0 Å². The minimum Gasteiger partial charge on any atom is -0.493 e. The predicted molar refractivity (Wildman–Crippen MR) is 139 cm³/mol. The lowest BCUT2D eigenvalue weighted by Crippen LogP contribution is -2.31. The fraction of sp³-hybridized carbons (Fsp3) is 0.179. The van der Waals surface area contributed by atoms with Gasteiger partial charge in [-0.1, -0.05) is 36.4 Å². The average Bonchev–Trinajstić information content (AvgIpc) is 2.90. The van der Waals surface area contributed by atoms with Crippen LogP contribution in [0.1, 0.15) is 34.6 Å². The summed E-state index contributed by atoms with van der Waals surface area (Å²) in [6.07, 6.45) is 1.60. The normalized spacial score (nSPS) is 11.8. The molecule has 5 aromatic rings. The molecule has 0 spiro atoms. The van der Waals surface area contributed by atoms with E-state index in [1.54, 1.807) is 44.4 Å². The molecule has 2 aromatic carbocycles. The van der Waals surface area contributed by atoms with Crippen LogP contribution in [0, 0.1) is 0 Å². The van der Waals surface area contributed by atoms with Crippen LogP contribution in [0.3, 0.4) is 0 Å². The predicted octanol–water partition coefficient (Wildman–Crippen LogP) is 3.66. The summed E-state index contributed by atoms with van der Waals surface area (Å²) in [7, 11) is 1.61. The SMILES string of the molecule is CCOC(=O)c1cc2c(=O)n3ccccc3nc2n(C)c1=NC(=O)c1c(OCC)ccc2ccccc12. The smallest absolute Gasteiger partial charge is 0.341 e. The number of aromatic nitrogens is 3. The third-order valence-corrected chi connectivity index (χ3v) is 6.02. The van der Waals surface area contributed by atoms with E-state index >= 15 is 0 Å². The number of pyridine rings is 2. The van der Waals surface area contributed by atoms with E-state index in [4.69, 9.17) is 9.47 Å². The molecule has 0 aliphatic heterocycles. The molecule has 0 aliphatic carbocycles. The van der Waals surface area contributed by atoms with E-state index in [0.717, 1.165) is 5.39 Å². The van der Waals surface area contributed by atoms with Crippen LogP contribution >= 0.6 is 0 Å². The highest BCUT2D eigenvalue weighted by Crippen LogP contribution is 2.29. The van der Waals surface area contributed by atoms with Crippen molar-refractivity contribution in [2.75, 3.05) is 13.2 Å². The molecule has 0 saturated heterocycles. The molecule has 3 heterocycles. The Morgan fingerprint density at radius 1 is 0.973 bits per heavy atom. The van der Waals surface area contributed by atoms with Crippen molar-refractivity contribution in [1.29, 1.82) is 0 Å². The van der Waals surface area contributed by atoms with Crippen LogP contribution in [0.25, 0.3) is 27.5 Å². The molecule has 9 nitrogen and oxygen atoms in total. The van der Waals surface area contributed by atoms with Gasteiger partial charge >= 0.3 is 5.97 Å². The highest BCUT2D eigenvalue weighted by Gasteiger charge is 2.21. The Balaban J connectivity index is 1.84. The maximum Gasteiger partial charge on any atom is 0.341 e. The Morgan fingerprint density at radius 3 is 2.54 bits per heavy atom. The molecule has 0 aliphatic rings. The van der Waals surface area contributed by atoms with E-state index in [-0.39, 0.29) is 39.8 Å². The topological polar surface area (TPSA) is 104 Å². The molecule has 186 valence electrons. The van der Waals surface area contributed by atoms with Crippen LogP contribution in [0.5, 0.6) is 5.75 Å². The van der Waals surface area contributed by atoms with Gasteiger partial charge in [-0.3, -0.25) is 14.0 Å². The summed E-state index contributed by atoms with van der Waals surface area (Å²) in [4.78, 5) is 48.9. The number of nitrogens with zero attached hydrogens (tertiary/aromatic N) is 4. The summed E-state index contributed by atoms with van der Waals surface area (Å²) in [5.74, 6) is -0.913. The van der Waals surface area contributed by atoms with Crippen molar-refractivity contribution in [2.45, 2.75) is 13.8 Å². The van der Waals surface area contributed by atoms with Crippen molar-refractivity contribution < 1.29 is 19.1 Å². The van der Waals surface area contributed by atoms with Crippen molar-refractivity contribution in [3.05, 3.63) is 93.8 Å². The van der Waals surface area contributed by atoms with Gasteiger partial charge in [0, 0.05) is 13.2 Å². The van der Waals surface area contributed by atoms with Gasteiger partial charge in [0.1, 0.15) is 22.6 Å². The fourth-order valence-corrected chi connectivity index (χ4v) is 4.36. The van der Waals surface area contributed by atoms with Crippen LogP contribution in [0.2, 0.25) is 0 Å². The summed E-state index contributed by atoms with van der Waals surface area (Å²) in [6, 6.07) is 17.6. The Bertz CT molecular complexity index is 1830. The van der Waals surface area contributed by atoms with Gasteiger partial charge in [-0.2, -0.15) is 4.99 Å². The summed E-state index contributed by atoms with van der Waals surface area (Å²) >= 11 is 0. The quantitative estimate of drug-likeness (QED) is 0.272. The number of hydrogen-bond acceptors (Lipinski definition) is 6. The number of fused-ring (bicyclic) bond motifs is 3. The highest BCUT2D eigenvalue weighted by molar-refractivity contribution is 6.10. The van der Waals surface area contributed by atoms with Crippen molar-refractivity contribution >= 4 is 39.3 Å². The first kappa shape index (κ1) is 23.9. The van der Waals surface area contributed by atoms with Gasteiger partial charge in [0.25, 0.3) is 11.5 Å². The lowest BCUT2D eigenvalue weighted by atomic mass is 10.0. The van der Waals surface area contributed by atoms with Crippen molar-refractivity contribution in [2.24, 2.45) is 12.0 Å². The fourth-order valence-electron chi connectivity index (χ4n) is 4.36. The molecule has 0 saturated carbocycles. The Kier molecular flexibility index (Phi) is 6.27. The molecule has 0 radical (unpaired) electrons. The molecule has 0 fully saturated rings. The van der Waals surface area contributed by atoms with E-state index in [9.17, 15) is 14.4 Å². The van der Waals surface area contributed by atoms with Gasteiger partial charge < -0.3 is 14.0 Å². The number of benzene rings is 2. The average molecular weight is 497 g/mol. The van der Waals surface area contributed by atoms with Gasteiger partial charge in [-0.15, -0.1) is 0 Å². The van der Waals surface area contributed by atoms with Crippen molar-refractivity contribution in [3.8, 4) is 5.75 Å². The largest absolute Gasteiger partial charge is 0.493 e. The van der Waals surface area contributed by atoms with E-state index in [1.165, 1.54) is 15.0 Å². The number of hydrogen-bond donors (Lipinski definition) is 0. The molecule has 0 bridgehead atoms. The molecular weight excluding hydrogens is 472 g/mol. The maximum atomic E-state index is 13.7. The molecule has 0 N–H and O–H groups in total. The van der Waals surface area contributed by atoms with Crippen LogP contribution in [-0.2, 0) is 11.8 Å². The number of ether oxygens (including phenoxy) is 2. The lowest BCUT2D eigenvalue weighted by Gasteiger charge is -2.13. The number of aryl methyl sites for hydroxylation is 1. The van der Waals surface area contributed by atoms with E-state index in [2.05, 4.69) is 9.98 Å². The third kappa shape index (κ3) is 4.14. The second-order valence-corrected chi connectivity index (χ2v) is 8.25. The van der Waals surface area contributed by atoms with E-state index in [1.807, 2.05) is 37.3 Å². The number of carbonyl (C=O) groups is 2. The van der Waals surface area contributed by atoms with Crippen LogP contribution in [-0.4, -0.2) is 39.0 Å². The first-order valence-electron chi connectivity index (χ1n) is 11.9. The van der Waals surface area contributed by atoms with Crippen LogP contribution in [0.15, 0.2) is 76.6 Å². The second-order valence-electron chi connectivity index (χ2n) is 8.25. The van der Waals surface area contributed by atoms with E-state index < -0.39 is 11.9 Å². The maximum absolute atomic E-state index is 13.7.